The zero-order valence-corrected chi connectivity index (χ0v) is 15.0. The molecule has 5 nitrogen and oxygen atoms in total. The monoisotopic (exact) mass is 318 g/mol. The van der Waals surface area contributed by atoms with E-state index < -0.39 is 9.84 Å². The standard InChI is InChI=1S/C15H30N2O3S/c1-11-9-15(3,4)8-7-13(11)16-14(18)17(5)12(2)10-21(6,19)20/h11-13H,7-10H2,1-6H3,(H,16,18)/t11-,12+,13-/m1/s1. The topological polar surface area (TPSA) is 66.5 Å². The van der Waals surface area contributed by atoms with Crippen LogP contribution in [0.25, 0.3) is 0 Å². The zero-order chi connectivity index (χ0) is 16.4. The minimum absolute atomic E-state index is 0.00975. The van der Waals surface area contributed by atoms with Gasteiger partial charge in [-0.3, -0.25) is 0 Å². The van der Waals surface area contributed by atoms with Gasteiger partial charge in [-0.05, 0) is 37.5 Å². The molecule has 21 heavy (non-hydrogen) atoms. The molecule has 0 saturated heterocycles. The van der Waals surface area contributed by atoms with Crippen LogP contribution in [0.4, 0.5) is 4.79 Å². The molecule has 1 aliphatic rings. The molecule has 0 radical (unpaired) electrons. The molecule has 0 bridgehead atoms. The van der Waals surface area contributed by atoms with Crippen LogP contribution in [0, 0.1) is 11.3 Å². The quantitative estimate of drug-likeness (QED) is 0.865. The molecule has 0 aromatic heterocycles. The summed E-state index contributed by atoms with van der Waals surface area (Å²) < 4.78 is 22.6. The normalized spacial score (nSPS) is 27.0. The fraction of sp³-hybridized carbons (Fsp3) is 0.933. The lowest BCUT2D eigenvalue weighted by Gasteiger charge is -2.40. The summed E-state index contributed by atoms with van der Waals surface area (Å²) in [6.07, 6.45) is 4.38. The molecule has 124 valence electrons. The van der Waals surface area contributed by atoms with Gasteiger partial charge in [-0.1, -0.05) is 20.8 Å². The van der Waals surface area contributed by atoms with Crippen molar-refractivity contribution >= 4 is 15.9 Å². The van der Waals surface area contributed by atoms with Gasteiger partial charge in [0.25, 0.3) is 0 Å². The van der Waals surface area contributed by atoms with E-state index in [1.165, 1.54) is 11.2 Å². The predicted molar refractivity (Wildman–Crippen MR) is 86.1 cm³/mol. The highest BCUT2D eigenvalue weighted by atomic mass is 32.2. The largest absolute Gasteiger partial charge is 0.335 e. The van der Waals surface area contributed by atoms with E-state index in [9.17, 15) is 13.2 Å². The highest BCUT2D eigenvalue weighted by molar-refractivity contribution is 7.90. The summed E-state index contributed by atoms with van der Waals surface area (Å²) in [5.74, 6) is 0.431. The molecule has 1 aliphatic carbocycles. The third-order valence-electron chi connectivity index (χ3n) is 4.53. The number of nitrogens with zero attached hydrogens (tertiary/aromatic N) is 1. The minimum Gasteiger partial charge on any atom is -0.335 e. The summed E-state index contributed by atoms with van der Waals surface area (Å²) >= 11 is 0. The lowest BCUT2D eigenvalue weighted by Crippen LogP contribution is -2.51. The summed E-state index contributed by atoms with van der Waals surface area (Å²) in [7, 11) is -1.43. The lowest BCUT2D eigenvalue weighted by atomic mass is 9.70. The number of nitrogens with one attached hydrogen (secondary N) is 1. The number of hydrogen-bond donors (Lipinski definition) is 1. The first-order valence-electron chi connectivity index (χ1n) is 7.62. The summed E-state index contributed by atoms with van der Waals surface area (Å²) in [4.78, 5) is 13.8. The van der Waals surface area contributed by atoms with E-state index >= 15 is 0 Å². The van der Waals surface area contributed by atoms with Crippen LogP contribution in [0.3, 0.4) is 0 Å². The highest BCUT2D eigenvalue weighted by Gasteiger charge is 2.33. The first-order valence-corrected chi connectivity index (χ1v) is 9.68. The van der Waals surface area contributed by atoms with Crippen LogP contribution in [0.2, 0.25) is 0 Å². The first kappa shape index (κ1) is 18.3. The van der Waals surface area contributed by atoms with Crippen LogP contribution in [0.1, 0.15) is 47.0 Å². The number of amides is 2. The van der Waals surface area contributed by atoms with Crippen LogP contribution >= 0.6 is 0 Å². The van der Waals surface area contributed by atoms with Gasteiger partial charge in [0.2, 0.25) is 0 Å². The number of urea groups is 1. The molecule has 2 amide bonds. The molecule has 0 heterocycles. The van der Waals surface area contributed by atoms with E-state index in [4.69, 9.17) is 0 Å². The van der Waals surface area contributed by atoms with E-state index in [-0.39, 0.29) is 23.9 Å². The maximum absolute atomic E-state index is 12.3. The van der Waals surface area contributed by atoms with Crippen LogP contribution in [-0.4, -0.2) is 50.5 Å². The van der Waals surface area contributed by atoms with Gasteiger partial charge in [0.05, 0.1) is 5.75 Å². The van der Waals surface area contributed by atoms with Gasteiger partial charge >= 0.3 is 6.03 Å². The third kappa shape index (κ3) is 5.85. The average molecular weight is 318 g/mol. The van der Waals surface area contributed by atoms with Crippen molar-refractivity contribution in [2.75, 3.05) is 19.1 Å². The van der Waals surface area contributed by atoms with Crippen molar-refractivity contribution in [3.63, 3.8) is 0 Å². The second-order valence-electron chi connectivity index (χ2n) is 7.49. The van der Waals surface area contributed by atoms with Crippen molar-refractivity contribution < 1.29 is 13.2 Å². The van der Waals surface area contributed by atoms with Gasteiger partial charge in [-0.15, -0.1) is 0 Å². The Hall–Kier alpha value is -0.780. The molecule has 3 atom stereocenters. The summed E-state index contributed by atoms with van der Waals surface area (Å²) in [6, 6.07) is -0.323. The summed E-state index contributed by atoms with van der Waals surface area (Å²) in [5, 5.41) is 3.07. The molecule has 0 unspecified atom stereocenters. The molecular weight excluding hydrogens is 288 g/mol. The molecule has 0 aromatic rings. The highest BCUT2D eigenvalue weighted by Crippen LogP contribution is 2.38. The molecule has 6 heteroatoms. The molecule has 1 fully saturated rings. The van der Waals surface area contributed by atoms with Crippen LogP contribution in [-0.2, 0) is 9.84 Å². The van der Waals surface area contributed by atoms with Gasteiger partial charge in [-0.25, -0.2) is 13.2 Å². The Labute approximate surface area is 129 Å². The Kier molecular flexibility index (Phi) is 5.69. The van der Waals surface area contributed by atoms with Crippen molar-refractivity contribution in [3.8, 4) is 0 Å². The number of carbonyl (C=O) groups excluding carboxylic acids is 1. The van der Waals surface area contributed by atoms with E-state index in [1.807, 2.05) is 0 Å². The Morgan fingerprint density at radius 2 is 2.00 bits per heavy atom. The van der Waals surface area contributed by atoms with Crippen molar-refractivity contribution in [2.45, 2.75) is 59.0 Å². The molecule has 1 saturated carbocycles. The second kappa shape index (κ2) is 6.55. The zero-order valence-electron chi connectivity index (χ0n) is 14.1. The third-order valence-corrected chi connectivity index (χ3v) is 5.62. The average Bonchev–Trinajstić information content (AvgIpc) is 2.28. The first-order chi connectivity index (χ1) is 9.41. The van der Waals surface area contributed by atoms with E-state index in [0.29, 0.717) is 11.3 Å². The van der Waals surface area contributed by atoms with E-state index in [1.54, 1.807) is 14.0 Å². The number of sulfone groups is 1. The van der Waals surface area contributed by atoms with E-state index in [0.717, 1.165) is 19.3 Å². The van der Waals surface area contributed by atoms with Crippen molar-refractivity contribution in [1.82, 2.24) is 10.2 Å². The Morgan fingerprint density at radius 3 is 2.48 bits per heavy atom. The summed E-state index contributed by atoms with van der Waals surface area (Å²) in [5.41, 5.74) is 0.343. The lowest BCUT2D eigenvalue weighted by molar-refractivity contribution is 0.139. The van der Waals surface area contributed by atoms with Gasteiger partial charge in [0, 0.05) is 25.4 Å². The van der Waals surface area contributed by atoms with Crippen molar-refractivity contribution in [2.24, 2.45) is 11.3 Å². The number of hydrogen-bond acceptors (Lipinski definition) is 3. The fourth-order valence-electron chi connectivity index (χ4n) is 3.17. The van der Waals surface area contributed by atoms with Crippen LogP contribution in [0.15, 0.2) is 0 Å². The number of carbonyl (C=O) groups is 1. The molecule has 1 rings (SSSR count). The van der Waals surface area contributed by atoms with Crippen molar-refractivity contribution in [3.05, 3.63) is 0 Å². The molecule has 0 aliphatic heterocycles. The Morgan fingerprint density at radius 1 is 1.43 bits per heavy atom. The van der Waals surface area contributed by atoms with E-state index in [2.05, 4.69) is 26.1 Å². The number of rotatable bonds is 4. The predicted octanol–water partition coefficient (Wildman–Crippen LogP) is 2.28. The van der Waals surface area contributed by atoms with Crippen molar-refractivity contribution in [1.29, 1.82) is 0 Å². The molecule has 1 N–H and O–H groups in total. The maximum Gasteiger partial charge on any atom is 0.317 e. The SMILES string of the molecule is C[C@@H]1CC(C)(C)CC[C@H]1NC(=O)N(C)[C@@H](C)CS(C)(=O)=O. The molecule has 0 spiro atoms. The minimum atomic E-state index is -3.08. The summed E-state index contributed by atoms with van der Waals surface area (Å²) in [6.45, 7) is 8.46. The van der Waals surface area contributed by atoms with Crippen LogP contribution < -0.4 is 5.32 Å². The molecular formula is C15H30N2O3S. The Balaban J connectivity index is 2.57. The molecule has 0 aromatic carbocycles. The maximum atomic E-state index is 12.3. The van der Waals surface area contributed by atoms with Crippen LogP contribution in [0.5, 0.6) is 0 Å². The fourth-order valence-corrected chi connectivity index (χ4v) is 4.27. The van der Waals surface area contributed by atoms with Gasteiger partial charge < -0.3 is 10.2 Å². The van der Waals surface area contributed by atoms with Gasteiger partial charge in [-0.2, -0.15) is 0 Å². The van der Waals surface area contributed by atoms with Gasteiger partial charge in [0.15, 0.2) is 0 Å². The smallest absolute Gasteiger partial charge is 0.317 e. The van der Waals surface area contributed by atoms with Gasteiger partial charge in [0.1, 0.15) is 9.84 Å². The Bertz CT molecular complexity index is 473. The second-order valence-corrected chi connectivity index (χ2v) is 9.68.